The van der Waals surface area contributed by atoms with Crippen LogP contribution in [0.15, 0.2) is 24.3 Å². The fourth-order valence-corrected chi connectivity index (χ4v) is 2.07. The van der Waals surface area contributed by atoms with Crippen LogP contribution in [0.2, 0.25) is 0 Å². The van der Waals surface area contributed by atoms with Crippen molar-refractivity contribution in [3.63, 3.8) is 0 Å². The number of rotatable bonds is 5. The Morgan fingerprint density at radius 3 is 2.62 bits per heavy atom. The first-order valence-electron chi connectivity index (χ1n) is 6.80. The third-order valence-electron chi connectivity index (χ3n) is 3.30. The summed E-state index contributed by atoms with van der Waals surface area (Å²) in [5.74, 6) is 0.569. The number of amides is 1. The molecular formula is C15H20N4O2. The number of benzene rings is 1. The van der Waals surface area contributed by atoms with Crippen molar-refractivity contribution < 1.29 is 9.53 Å². The van der Waals surface area contributed by atoms with Crippen LogP contribution in [0.3, 0.4) is 0 Å². The molecule has 0 atom stereocenters. The van der Waals surface area contributed by atoms with E-state index in [1.807, 2.05) is 31.2 Å². The number of carbonyl (C=O) groups excluding carboxylic acids is 1. The Balaban J connectivity index is 2.07. The summed E-state index contributed by atoms with van der Waals surface area (Å²) in [6, 6.07) is 7.53. The molecule has 0 aliphatic heterocycles. The largest absolute Gasteiger partial charge is 0.497 e. The minimum absolute atomic E-state index is 0.217. The molecule has 0 saturated carbocycles. The maximum absolute atomic E-state index is 12.3. The predicted octanol–water partition coefficient (Wildman–Crippen LogP) is 1.73. The number of carbonyl (C=O) groups is 1. The van der Waals surface area contributed by atoms with Crippen LogP contribution in [-0.2, 0) is 13.1 Å². The highest BCUT2D eigenvalue weighted by atomic mass is 16.5. The molecular weight excluding hydrogens is 268 g/mol. The molecule has 1 aromatic carbocycles. The van der Waals surface area contributed by atoms with Gasteiger partial charge in [-0.05, 0) is 31.5 Å². The number of nitrogens with zero attached hydrogens (tertiary/aromatic N) is 2. The van der Waals surface area contributed by atoms with Crippen molar-refractivity contribution >= 4 is 11.6 Å². The van der Waals surface area contributed by atoms with Gasteiger partial charge in [-0.25, -0.2) is 0 Å². The molecule has 0 radical (unpaired) electrons. The molecule has 1 heterocycles. The van der Waals surface area contributed by atoms with Crippen molar-refractivity contribution in [3.05, 3.63) is 41.2 Å². The number of nitrogens with two attached hydrogens (primary N) is 1. The zero-order valence-electron chi connectivity index (χ0n) is 12.5. The molecule has 112 valence electrons. The summed E-state index contributed by atoms with van der Waals surface area (Å²) in [5, 5.41) is 7.10. The Hall–Kier alpha value is -2.50. The van der Waals surface area contributed by atoms with Crippen LogP contribution in [0.4, 0.5) is 5.69 Å². The number of ether oxygens (including phenoxy) is 1. The second kappa shape index (κ2) is 6.30. The molecule has 0 aliphatic carbocycles. The van der Waals surface area contributed by atoms with Crippen LogP contribution in [0, 0.1) is 6.92 Å². The Kier molecular flexibility index (Phi) is 4.47. The minimum atomic E-state index is -0.217. The summed E-state index contributed by atoms with van der Waals surface area (Å²) in [7, 11) is 1.62. The van der Waals surface area contributed by atoms with Crippen molar-refractivity contribution in [3.8, 4) is 5.75 Å². The first-order chi connectivity index (χ1) is 10.1. The van der Waals surface area contributed by atoms with E-state index in [4.69, 9.17) is 10.5 Å². The molecule has 21 heavy (non-hydrogen) atoms. The Labute approximate surface area is 123 Å². The highest BCUT2D eigenvalue weighted by Crippen LogP contribution is 2.16. The molecule has 0 bridgehead atoms. The van der Waals surface area contributed by atoms with Gasteiger partial charge in [0, 0.05) is 13.1 Å². The van der Waals surface area contributed by atoms with Gasteiger partial charge in [0.2, 0.25) is 0 Å². The van der Waals surface area contributed by atoms with E-state index in [0.717, 1.165) is 11.3 Å². The lowest BCUT2D eigenvalue weighted by atomic mass is 10.2. The Morgan fingerprint density at radius 1 is 1.38 bits per heavy atom. The molecule has 1 amide bonds. The van der Waals surface area contributed by atoms with Gasteiger partial charge < -0.3 is 15.8 Å². The van der Waals surface area contributed by atoms with Gasteiger partial charge in [0.05, 0.1) is 18.5 Å². The number of nitrogens with one attached hydrogen (secondary N) is 1. The molecule has 6 heteroatoms. The van der Waals surface area contributed by atoms with E-state index in [-0.39, 0.29) is 5.91 Å². The van der Waals surface area contributed by atoms with E-state index in [9.17, 15) is 4.79 Å². The summed E-state index contributed by atoms with van der Waals surface area (Å²) < 4.78 is 6.72. The molecule has 2 aromatic rings. The third kappa shape index (κ3) is 3.16. The zero-order chi connectivity index (χ0) is 15.4. The van der Waals surface area contributed by atoms with Gasteiger partial charge in [-0.3, -0.25) is 9.48 Å². The van der Waals surface area contributed by atoms with Crippen molar-refractivity contribution in [2.24, 2.45) is 0 Å². The van der Waals surface area contributed by atoms with Crippen molar-refractivity contribution in [1.29, 1.82) is 0 Å². The van der Waals surface area contributed by atoms with Gasteiger partial charge >= 0.3 is 0 Å². The first-order valence-corrected chi connectivity index (χ1v) is 6.80. The molecule has 0 saturated heterocycles. The summed E-state index contributed by atoms with van der Waals surface area (Å²) in [6.07, 6.45) is 0. The van der Waals surface area contributed by atoms with Crippen LogP contribution < -0.4 is 15.8 Å². The van der Waals surface area contributed by atoms with E-state index in [1.54, 1.807) is 18.7 Å². The average Bonchev–Trinajstić information content (AvgIpc) is 2.80. The van der Waals surface area contributed by atoms with E-state index >= 15 is 0 Å². The van der Waals surface area contributed by atoms with Gasteiger partial charge in [0.15, 0.2) is 0 Å². The highest BCUT2D eigenvalue weighted by molar-refractivity contribution is 5.97. The summed E-state index contributed by atoms with van der Waals surface area (Å²) in [4.78, 5) is 12.3. The lowest BCUT2D eigenvalue weighted by Crippen LogP contribution is -2.26. The molecule has 0 unspecified atom stereocenters. The van der Waals surface area contributed by atoms with Gasteiger partial charge in [-0.2, -0.15) is 5.10 Å². The molecule has 1 aromatic heterocycles. The van der Waals surface area contributed by atoms with Crippen LogP contribution in [0.25, 0.3) is 0 Å². The topological polar surface area (TPSA) is 82.2 Å². The van der Waals surface area contributed by atoms with E-state index in [0.29, 0.717) is 30.2 Å². The number of aromatic nitrogens is 2. The summed E-state index contributed by atoms with van der Waals surface area (Å²) in [5.41, 5.74) is 8.44. The van der Waals surface area contributed by atoms with E-state index in [2.05, 4.69) is 10.4 Å². The average molecular weight is 288 g/mol. The fraction of sp³-hybridized carbons (Fsp3) is 0.333. The lowest BCUT2D eigenvalue weighted by molar-refractivity contribution is 0.0941. The van der Waals surface area contributed by atoms with Crippen LogP contribution in [0.5, 0.6) is 5.75 Å². The van der Waals surface area contributed by atoms with Crippen LogP contribution >= 0.6 is 0 Å². The number of nitrogen functional groups attached to an aromatic ring is 1. The van der Waals surface area contributed by atoms with E-state index in [1.165, 1.54) is 0 Å². The number of hydrogen-bond donors (Lipinski definition) is 2. The number of methoxy groups -OCH3 is 1. The fourth-order valence-electron chi connectivity index (χ4n) is 2.07. The molecule has 3 N–H and O–H groups in total. The Morgan fingerprint density at radius 2 is 2.05 bits per heavy atom. The molecule has 0 fully saturated rings. The van der Waals surface area contributed by atoms with Gasteiger partial charge in [-0.1, -0.05) is 12.1 Å². The monoisotopic (exact) mass is 288 g/mol. The van der Waals surface area contributed by atoms with Crippen molar-refractivity contribution in [2.75, 3.05) is 12.8 Å². The maximum atomic E-state index is 12.3. The van der Waals surface area contributed by atoms with Gasteiger partial charge in [0.25, 0.3) is 5.91 Å². The molecule has 2 rings (SSSR count). The SMILES string of the molecule is CCn1nc(C)c(N)c1C(=O)NCc1ccc(OC)cc1. The normalized spacial score (nSPS) is 10.4. The maximum Gasteiger partial charge on any atom is 0.271 e. The number of hydrogen-bond acceptors (Lipinski definition) is 4. The zero-order valence-corrected chi connectivity index (χ0v) is 12.5. The summed E-state index contributed by atoms with van der Waals surface area (Å²) in [6.45, 7) is 4.74. The molecule has 0 spiro atoms. The van der Waals surface area contributed by atoms with Crippen molar-refractivity contribution in [2.45, 2.75) is 26.9 Å². The second-order valence-electron chi connectivity index (χ2n) is 4.69. The smallest absolute Gasteiger partial charge is 0.271 e. The van der Waals surface area contributed by atoms with E-state index < -0.39 is 0 Å². The van der Waals surface area contributed by atoms with Crippen LogP contribution in [-0.4, -0.2) is 22.8 Å². The van der Waals surface area contributed by atoms with Crippen molar-refractivity contribution in [1.82, 2.24) is 15.1 Å². The molecule has 0 aliphatic rings. The predicted molar refractivity (Wildman–Crippen MR) is 81.2 cm³/mol. The Bertz CT molecular complexity index is 632. The third-order valence-corrected chi connectivity index (χ3v) is 3.30. The number of aryl methyl sites for hydroxylation is 2. The standard InChI is InChI=1S/C15H20N4O2/c1-4-19-14(13(16)10(2)18-19)15(20)17-9-11-5-7-12(21-3)8-6-11/h5-8H,4,9,16H2,1-3H3,(H,17,20). The minimum Gasteiger partial charge on any atom is -0.497 e. The quantitative estimate of drug-likeness (QED) is 0.878. The van der Waals surface area contributed by atoms with Gasteiger partial charge in [0.1, 0.15) is 11.4 Å². The lowest BCUT2D eigenvalue weighted by Gasteiger charge is -2.08. The molecule has 6 nitrogen and oxygen atoms in total. The first kappa shape index (κ1) is 14.9. The van der Waals surface area contributed by atoms with Gasteiger partial charge in [-0.15, -0.1) is 0 Å². The number of anilines is 1. The van der Waals surface area contributed by atoms with Crippen LogP contribution in [0.1, 0.15) is 28.7 Å². The summed E-state index contributed by atoms with van der Waals surface area (Å²) >= 11 is 0. The highest BCUT2D eigenvalue weighted by Gasteiger charge is 2.18. The second-order valence-corrected chi connectivity index (χ2v) is 4.69.